The summed E-state index contributed by atoms with van der Waals surface area (Å²) in [7, 11) is 0. The third kappa shape index (κ3) is 4.06. The molecule has 1 aliphatic heterocycles. The highest BCUT2D eigenvalue weighted by Gasteiger charge is 2.19. The minimum Gasteiger partial charge on any atom is -0.338 e. The summed E-state index contributed by atoms with van der Waals surface area (Å²) < 4.78 is 0. The van der Waals surface area contributed by atoms with Crippen LogP contribution in [0, 0.1) is 13.8 Å². The lowest BCUT2D eigenvalue weighted by atomic mass is 10.1. The Morgan fingerprint density at radius 1 is 0.913 bits per heavy atom. The lowest BCUT2D eigenvalue weighted by Gasteiger charge is -2.35. The van der Waals surface area contributed by atoms with Gasteiger partial charge in [-0.2, -0.15) is 0 Å². The average Bonchev–Trinajstić information content (AvgIpc) is 2.55. The quantitative estimate of drug-likeness (QED) is 0.934. The summed E-state index contributed by atoms with van der Waals surface area (Å²) in [4.78, 5) is 13.9. The van der Waals surface area contributed by atoms with Gasteiger partial charge in [0.2, 0.25) is 5.95 Å². The number of aryl methyl sites for hydroxylation is 2. The van der Waals surface area contributed by atoms with Crippen LogP contribution in [0.25, 0.3) is 0 Å². The van der Waals surface area contributed by atoms with Crippen molar-refractivity contribution in [2.45, 2.75) is 26.9 Å². The normalized spacial score (nSPS) is 15.9. The minimum atomic E-state index is 0.606. The van der Waals surface area contributed by atoms with E-state index in [0.29, 0.717) is 6.54 Å². The molecular formula is C18H25N5. The molecule has 2 heterocycles. The number of nitrogens with two attached hydrogens (primary N) is 1. The van der Waals surface area contributed by atoms with Crippen molar-refractivity contribution < 1.29 is 0 Å². The number of hydrogen-bond donors (Lipinski definition) is 1. The van der Waals surface area contributed by atoms with Crippen molar-refractivity contribution in [1.82, 2.24) is 14.9 Å². The van der Waals surface area contributed by atoms with Crippen LogP contribution in [0.3, 0.4) is 0 Å². The molecule has 1 fully saturated rings. The summed E-state index contributed by atoms with van der Waals surface area (Å²) in [6.45, 7) is 9.68. The molecule has 0 bridgehead atoms. The van der Waals surface area contributed by atoms with E-state index in [1.54, 1.807) is 0 Å². The van der Waals surface area contributed by atoms with Crippen LogP contribution >= 0.6 is 0 Å². The van der Waals surface area contributed by atoms with Gasteiger partial charge in [0.05, 0.1) is 0 Å². The Morgan fingerprint density at radius 3 is 2.04 bits per heavy atom. The SMILES string of the molecule is Cc1cc(C)nc(N2CCN(Cc3ccc(CN)cc3)CC2)n1. The standard InChI is InChI=1S/C18H25N5/c1-14-11-15(2)21-18(20-14)23-9-7-22(8-10-23)13-17-5-3-16(12-19)4-6-17/h3-6,11H,7-10,12-13,19H2,1-2H3. The monoisotopic (exact) mass is 311 g/mol. The summed E-state index contributed by atoms with van der Waals surface area (Å²) in [5.41, 5.74) is 10.3. The highest BCUT2D eigenvalue weighted by atomic mass is 15.3. The molecule has 5 nitrogen and oxygen atoms in total. The first-order valence-corrected chi connectivity index (χ1v) is 8.21. The molecule has 3 rings (SSSR count). The fourth-order valence-electron chi connectivity index (χ4n) is 2.99. The number of benzene rings is 1. The molecule has 0 aliphatic carbocycles. The van der Waals surface area contributed by atoms with Crippen molar-refractivity contribution in [3.63, 3.8) is 0 Å². The lowest BCUT2D eigenvalue weighted by Crippen LogP contribution is -2.46. The van der Waals surface area contributed by atoms with Gasteiger partial charge in [-0.25, -0.2) is 9.97 Å². The maximum atomic E-state index is 5.65. The summed E-state index contributed by atoms with van der Waals surface area (Å²) in [6.07, 6.45) is 0. The Balaban J connectivity index is 1.57. The van der Waals surface area contributed by atoms with Gasteiger partial charge in [-0.3, -0.25) is 4.90 Å². The van der Waals surface area contributed by atoms with E-state index in [1.165, 1.54) is 11.1 Å². The van der Waals surface area contributed by atoms with Gasteiger partial charge < -0.3 is 10.6 Å². The molecule has 0 atom stereocenters. The maximum Gasteiger partial charge on any atom is 0.225 e. The predicted octanol–water partition coefficient (Wildman–Crippen LogP) is 1.87. The Kier molecular flexibility index (Phi) is 4.88. The molecule has 2 N–H and O–H groups in total. The second-order valence-corrected chi connectivity index (χ2v) is 6.23. The van der Waals surface area contributed by atoms with Crippen molar-refractivity contribution >= 4 is 5.95 Å². The molecule has 122 valence electrons. The van der Waals surface area contributed by atoms with E-state index in [0.717, 1.165) is 50.1 Å². The maximum absolute atomic E-state index is 5.65. The summed E-state index contributed by atoms with van der Waals surface area (Å²) in [5.74, 6) is 0.870. The average molecular weight is 311 g/mol. The van der Waals surface area contributed by atoms with Crippen LogP contribution in [0.2, 0.25) is 0 Å². The zero-order valence-corrected chi connectivity index (χ0v) is 14.0. The van der Waals surface area contributed by atoms with Crippen molar-refractivity contribution in [3.05, 3.63) is 52.8 Å². The van der Waals surface area contributed by atoms with Crippen LogP contribution in [0.5, 0.6) is 0 Å². The number of piperazine rings is 1. The number of aromatic nitrogens is 2. The molecule has 0 amide bonds. The third-order valence-electron chi connectivity index (χ3n) is 4.29. The Bertz CT molecular complexity index is 625. The smallest absolute Gasteiger partial charge is 0.225 e. The third-order valence-corrected chi connectivity index (χ3v) is 4.29. The highest BCUT2D eigenvalue weighted by Crippen LogP contribution is 2.15. The molecule has 0 saturated carbocycles. The topological polar surface area (TPSA) is 58.3 Å². The minimum absolute atomic E-state index is 0.606. The zero-order valence-electron chi connectivity index (χ0n) is 14.0. The number of hydrogen-bond acceptors (Lipinski definition) is 5. The van der Waals surface area contributed by atoms with E-state index < -0.39 is 0 Å². The van der Waals surface area contributed by atoms with Crippen LogP contribution in [-0.4, -0.2) is 41.0 Å². The van der Waals surface area contributed by atoms with Crippen molar-refractivity contribution in [2.24, 2.45) is 5.73 Å². The zero-order chi connectivity index (χ0) is 16.2. The van der Waals surface area contributed by atoms with Crippen LogP contribution in [0.15, 0.2) is 30.3 Å². The van der Waals surface area contributed by atoms with E-state index in [2.05, 4.69) is 44.0 Å². The van der Waals surface area contributed by atoms with Crippen molar-refractivity contribution in [1.29, 1.82) is 0 Å². The number of anilines is 1. The number of nitrogens with zero attached hydrogens (tertiary/aromatic N) is 4. The Labute approximate surface area is 138 Å². The summed E-state index contributed by atoms with van der Waals surface area (Å²) in [5, 5.41) is 0. The molecule has 1 saturated heterocycles. The Hall–Kier alpha value is -1.98. The molecule has 23 heavy (non-hydrogen) atoms. The van der Waals surface area contributed by atoms with E-state index in [9.17, 15) is 0 Å². The molecule has 5 heteroatoms. The van der Waals surface area contributed by atoms with Gasteiger partial charge >= 0.3 is 0 Å². The predicted molar refractivity (Wildman–Crippen MR) is 93.3 cm³/mol. The fourth-order valence-corrected chi connectivity index (χ4v) is 2.99. The van der Waals surface area contributed by atoms with Crippen LogP contribution in [-0.2, 0) is 13.1 Å². The molecular weight excluding hydrogens is 286 g/mol. The van der Waals surface area contributed by atoms with Crippen LogP contribution < -0.4 is 10.6 Å². The van der Waals surface area contributed by atoms with E-state index >= 15 is 0 Å². The first-order chi connectivity index (χ1) is 11.1. The molecule has 0 unspecified atom stereocenters. The van der Waals surface area contributed by atoms with E-state index in [4.69, 9.17) is 5.73 Å². The van der Waals surface area contributed by atoms with Gasteiger partial charge in [-0.15, -0.1) is 0 Å². The van der Waals surface area contributed by atoms with Crippen molar-refractivity contribution in [2.75, 3.05) is 31.1 Å². The van der Waals surface area contributed by atoms with Gasteiger partial charge in [0.25, 0.3) is 0 Å². The van der Waals surface area contributed by atoms with Gasteiger partial charge in [0, 0.05) is 50.7 Å². The van der Waals surface area contributed by atoms with Crippen LogP contribution in [0.1, 0.15) is 22.5 Å². The summed E-state index contributed by atoms with van der Waals surface area (Å²) in [6, 6.07) is 10.6. The fraction of sp³-hybridized carbons (Fsp3) is 0.444. The highest BCUT2D eigenvalue weighted by molar-refractivity contribution is 5.33. The molecule has 2 aromatic rings. The van der Waals surface area contributed by atoms with Gasteiger partial charge in [0.1, 0.15) is 0 Å². The first kappa shape index (κ1) is 15.9. The van der Waals surface area contributed by atoms with Crippen LogP contribution in [0.4, 0.5) is 5.95 Å². The largest absolute Gasteiger partial charge is 0.338 e. The molecule has 0 spiro atoms. The number of rotatable bonds is 4. The molecule has 1 aliphatic rings. The van der Waals surface area contributed by atoms with Gasteiger partial charge in [-0.05, 0) is 31.0 Å². The summed E-state index contributed by atoms with van der Waals surface area (Å²) >= 11 is 0. The second kappa shape index (κ2) is 7.06. The Morgan fingerprint density at radius 2 is 1.48 bits per heavy atom. The molecule has 1 aromatic heterocycles. The van der Waals surface area contributed by atoms with Gasteiger partial charge in [0.15, 0.2) is 0 Å². The van der Waals surface area contributed by atoms with E-state index in [1.807, 2.05) is 19.9 Å². The van der Waals surface area contributed by atoms with Crippen molar-refractivity contribution in [3.8, 4) is 0 Å². The molecule has 1 aromatic carbocycles. The van der Waals surface area contributed by atoms with Gasteiger partial charge in [-0.1, -0.05) is 24.3 Å². The first-order valence-electron chi connectivity index (χ1n) is 8.21. The lowest BCUT2D eigenvalue weighted by molar-refractivity contribution is 0.248. The second-order valence-electron chi connectivity index (χ2n) is 6.23. The molecule has 0 radical (unpaired) electrons. The van der Waals surface area contributed by atoms with E-state index in [-0.39, 0.29) is 0 Å².